The van der Waals surface area contributed by atoms with Crippen molar-refractivity contribution in [1.29, 1.82) is 0 Å². The minimum atomic E-state index is -3.80. The summed E-state index contributed by atoms with van der Waals surface area (Å²) >= 11 is 0. The summed E-state index contributed by atoms with van der Waals surface area (Å²) in [7, 11) is -3.80. The van der Waals surface area contributed by atoms with Crippen molar-refractivity contribution in [2.24, 2.45) is 0 Å². The van der Waals surface area contributed by atoms with E-state index < -0.39 is 34.3 Å². The molecule has 0 heterocycles. The normalized spacial score (nSPS) is 15.2. The van der Waals surface area contributed by atoms with Gasteiger partial charge >= 0.3 is 0 Å². The molecule has 1 fully saturated rings. The lowest BCUT2D eigenvalue weighted by Gasteiger charge is -2.33. The molecule has 0 bridgehead atoms. The molecule has 1 aliphatic rings. The first kappa shape index (κ1) is 27.6. The van der Waals surface area contributed by atoms with Crippen molar-refractivity contribution in [2.75, 3.05) is 17.1 Å². The molecule has 0 aliphatic heterocycles. The van der Waals surface area contributed by atoms with E-state index in [1.165, 1.54) is 11.0 Å². The Bertz CT molecular complexity index is 1150. The molecule has 2 aromatic carbocycles. The Morgan fingerprint density at radius 3 is 2.28 bits per heavy atom. The fourth-order valence-corrected chi connectivity index (χ4v) is 5.32. The number of halogens is 1. The standard InChI is InChI=1S/C27H36FN3O4S/c1-4-21-14-16-24(17-15-21)31(36(3,34)35)19-26(32)30(18-22-10-8-9-13-25(22)28)20(2)27(33)29-23-11-6-5-7-12-23/h8-10,13-17,20,23H,4-7,11-12,18-19H2,1-3H3,(H,29,33)/t20-/m0/s1. The van der Waals surface area contributed by atoms with Gasteiger partial charge in [-0.3, -0.25) is 13.9 Å². The second kappa shape index (κ2) is 12.3. The minimum Gasteiger partial charge on any atom is -0.352 e. The highest BCUT2D eigenvalue weighted by Crippen LogP contribution is 2.21. The van der Waals surface area contributed by atoms with Gasteiger partial charge in [0.2, 0.25) is 21.8 Å². The average molecular weight is 518 g/mol. The number of benzene rings is 2. The largest absolute Gasteiger partial charge is 0.352 e. The molecule has 1 aliphatic carbocycles. The van der Waals surface area contributed by atoms with Gasteiger partial charge in [0.15, 0.2) is 0 Å². The van der Waals surface area contributed by atoms with Crippen LogP contribution in [0.15, 0.2) is 48.5 Å². The zero-order valence-corrected chi connectivity index (χ0v) is 22.1. The summed E-state index contributed by atoms with van der Waals surface area (Å²) in [5, 5.41) is 3.02. The summed E-state index contributed by atoms with van der Waals surface area (Å²) in [6.45, 7) is 2.93. The van der Waals surface area contributed by atoms with Gasteiger partial charge in [0.1, 0.15) is 18.4 Å². The van der Waals surface area contributed by atoms with Crippen molar-refractivity contribution in [1.82, 2.24) is 10.2 Å². The van der Waals surface area contributed by atoms with Gasteiger partial charge in [-0.25, -0.2) is 12.8 Å². The van der Waals surface area contributed by atoms with Crippen LogP contribution in [0.1, 0.15) is 57.1 Å². The lowest BCUT2D eigenvalue weighted by molar-refractivity contribution is -0.139. The number of carbonyl (C=O) groups is 2. The Kier molecular flexibility index (Phi) is 9.48. The number of hydrogen-bond acceptors (Lipinski definition) is 4. The zero-order chi connectivity index (χ0) is 26.3. The van der Waals surface area contributed by atoms with Crippen LogP contribution >= 0.6 is 0 Å². The van der Waals surface area contributed by atoms with Crippen LogP contribution in [-0.4, -0.2) is 50.0 Å². The monoisotopic (exact) mass is 517 g/mol. The molecule has 3 rings (SSSR count). The van der Waals surface area contributed by atoms with Gasteiger partial charge in [-0.2, -0.15) is 0 Å². The van der Waals surface area contributed by atoms with Crippen LogP contribution < -0.4 is 9.62 Å². The van der Waals surface area contributed by atoms with E-state index in [0.29, 0.717) is 5.69 Å². The third-order valence-electron chi connectivity index (χ3n) is 6.73. The number of rotatable bonds is 10. The summed E-state index contributed by atoms with van der Waals surface area (Å²) in [5.74, 6) is -1.41. The molecule has 7 nitrogen and oxygen atoms in total. The van der Waals surface area contributed by atoms with Crippen molar-refractivity contribution < 1.29 is 22.4 Å². The lowest BCUT2D eigenvalue weighted by Crippen LogP contribution is -2.53. The Morgan fingerprint density at radius 1 is 1.06 bits per heavy atom. The zero-order valence-electron chi connectivity index (χ0n) is 21.2. The molecule has 0 saturated heterocycles. The number of sulfonamides is 1. The van der Waals surface area contributed by atoms with Crippen LogP contribution in [0.2, 0.25) is 0 Å². The Morgan fingerprint density at radius 2 is 1.69 bits per heavy atom. The van der Waals surface area contributed by atoms with Gasteiger partial charge in [-0.15, -0.1) is 0 Å². The third kappa shape index (κ3) is 7.29. The molecular formula is C27H36FN3O4S. The average Bonchev–Trinajstić information content (AvgIpc) is 2.86. The maximum Gasteiger partial charge on any atom is 0.244 e. The van der Waals surface area contributed by atoms with Crippen LogP contribution in [0.4, 0.5) is 10.1 Å². The molecule has 0 spiro atoms. The highest BCUT2D eigenvalue weighted by molar-refractivity contribution is 7.92. The molecule has 2 aromatic rings. The van der Waals surface area contributed by atoms with Crippen LogP contribution in [-0.2, 0) is 32.6 Å². The van der Waals surface area contributed by atoms with Crippen molar-refractivity contribution in [2.45, 2.75) is 71.0 Å². The van der Waals surface area contributed by atoms with E-state index in [2.05, 4.69) is 5.32 Å². The van der Waals surface area contributed by atoms with Crippen molar-refractivity contribution >= 4 is 27.5 Å². The van der Waals surface area contributed by atoms with Crippen molar-refractivity contribution in [3.63, 3.8) is 0 Å². The van der Waals surface area contributed by atoms with Gasteiger partial charge in [-0.1, -0.05) is 56.5 Å². The number of hydrogen-bond donors (Lipinski definition) is 1. The van der Waals surface area contributed by atoms with E-state index in [1.807, 2.05) is 19.1 Å². The van der Waals surface area contributed by atoms with E-state index in [9.17, 15) is 22.4 Å². The molecule has 0 aromatic heterocycles. The number of nitrogens with zero attached hydrogens (tertiary/aromatic N) is 2. The SMILES string of the molecule is CCc1ccc(N(CC(=O)N(Cc2ccccc2F)[C@@H](C)C(=O)NC2CCCCC2)S(C)(=O)=O)cc1. The van der Waals surface area contributed by atoms with Crippen LogP contribution in [0, 0.1) is 5.82 Å². The molecule has 0 unspecified atom stereocenters. The highest BCUT2D eigenvalue weighted by atomic mass is 32.2. The van der Waals surface area contributed by atoms with E-state index in [4.69, 9.17) is 0 Å². The number of aryl methyl sites for hydroxylation is 1. The summed E-state index contributed by atoms with van der Waals surface area (Å²) in [5.41, 5.74) is 1.64. The minimum absolute atomic E-state index is 0.0451. The van der Waals surface area contributed by atoms with E-state index in [0.717, 1.165) is 54.6 Å². The molecule has 1 N–H and O–H groups in total. The lowest BCUT2D eigenvalue weighted by atomic mass is 9.95. The van der Waals surface area contributed by atoms with Crippen molar-refractivity contribution in [3.05, 3.63) is 65.5 Å². The molecule has 1 saturated carbocycles. The fourth-order valence-electron chi connectivity index (χ4n) is 4.47. The summed E-state index contributed by atoms with van der Waals surface area (Å²) < 4.78 is 40.8. The first-order chi connectivity index (χ1) is 17.1. The Labute approximate surface area is 213 Å². The van der Waals surface area contributed by atoms with Gasteiger partial charge < -0.3 is 10.2 Å². The second-order valence-electron chi connectivity index (χ2n) is 9.42. The van der Waals surface area contributed by atoms with Crippen LogP contribution in [0.25, 0.3) is 0 Å². The first-order valence-corrected chi connectivity index (χ1v) is 14.3. The molecule has 2 amide bonds. The van der Waals surface area contributed by atoms with Gasteiger partial charge in [0.25, 0.3) is 0 Å². The van der Waals surface area contributed by atoms with Crippen LogP contribution in [0.5, 0.6) is 0 Å². The molecule has 36 heavy (non-hydrogen) atoms. The molecule has 196 valence electrons. The van der Waals surface area contributed by atoms with Crippen LogP contribution in [0.3, 0.4) is 0 Å². The predicted molar refractivity (Wildman–Crippen MR) is 139 cm³/mol. The first-order valence-electron chi connectivity index (χ1n) is 12.5. The molecule has 1 atom stereocenters. The van der Waals surface area contributed by atoms with E-state index in [1.54, 1.807) is 37.3 Å². The number of carbonyl (C=O) groups excluding carboxylic acids is 2. The maximum absolute atomic E-state index is 14.5. The highest BCUT2D eigenvalue weighted by Gasteiger charge is 2.31. The fraction of sp³-hybridized carbons (Fsp3) is 0.481. The van der Waals surface area contributed by atoms with Crippen molar-refractivity contribution in [3.8, 4) is 0 Å². The van der Waals surface area contributed by atoms with E-state index >= 15 is 0 Å². The maximum atomic E-state index is 14.5. The second-order valence-corrected chi connectivity index (χ2v) is 11.3. The topological polar surface area (TPSA) is 86.8 Å². The van der Waals surface area contributed by atoms with Gasteiger partial charge in [-0.05, 0) is 49.9 Å². The summed E-state index contributed by atoms with van der Waals surface area (Å²) in [6.07, 6.45) is 6.82. The Hall–Kier alpha value is -2.94. The Balaban J connectivity index is 1.87. The smallest absolute Gasteiger partial charge is 0.244 e. The molecular weight excluding hydrogens is 481 g/mol. The number of amides is 2. The number of anilines is 1. The molecule has 9 heteroatoms. The number of nitrogens with one attached hydrogen (secondary N) is 1. The van der Waals surface area contributed by atoms with Gasteiger partial charge in [0, 0.05) is 18.2 Å². The summed E-state index contributed by atoms with van der Waals surface area (Å²) in [4.78, 5) is 28.0. The third-order valence-corrected chi connectivity index (χ3v) is 7.87. The summed E-state index contributed by atoms with van der Waals surface area (Å²) in [6, 6.07) is 12.1. The predicted octanol–water partition coefficient (Wildman–Crippen LogP) is 4.02. The quantitative estimate of drug-likeness (QED) is 0.516. The van der Waals surface area contributed by atoms with E-state index in [-0.39, 0.29) is 24.1 Å². The molecule has 0 radical (unpaired) electrons. The van der Waals surface area contributed by atoms with Gasteiger partial charge in [0.05, 0.1) is 11.9 Å².